The van der Waals surface area contributed by atoms with Gasteiger partial charge in [0.2, 0.25) is 5.91 Å². The van der Waals surface area contributed by atoms with Crippen molar-refractivity contribution < 1.29 is 27.5 Å². The molecular weight excluding hydrogens is 349 g/mol. The maximum absolute atomic E-state index is 11.9. The number of nitrogens with one attached hydrogen (secondary N) is 2. The summed E-state index contributed by atoms with van der Waals surface area (Å²) >= 11 is 5.71. The van der Waals surface area contributed by atoms with Crippen LogP contribution in [0.5, 0.6) is 0 Å². The van der Waals surface area contributed by atoms with Crippen LogP contribution in [0.3, 0.4) is 0 Å². The zero-order valence-electron chi connectivity index (χ0n) is 13.0. The van der Waals surface area contributed by atoms with E-state index in [2.05, 4.69) is 15.4 Å². The van der Waals surface area contributed by atoms with Crippen molar-refractivity contribution in [3.63, 3.8) is 0 Å². The monoisotopic (exact) mass is 366 g/mol. The van der Waals surface area contributed by atoms with Crippen molar-refractivity contribution in [1.82, 2.24) is 10.6 Å². The third kappa shape index (κ3) is 8.73. The number of alkyl halides is 3. The van der Waals surface area contributed by atoms with Crippen LogP contribution < -0.4 is 10.6 Å². The van der Waals surface area contributed by atoms with Gasteiger partial charge < -0.3 is 15.4 Å². The average molecular weight is 367 g/mol. The van der Waals surface area contributed by atoms with Gasteiger partial charge in [-0.2, -0.15) is 13.2 Å². The Labute approximate surface area is 142 Å². The van der Waals surface area contributed by atoms with Crippen LogP contribution in [0.1, 0.15) is 23.7 Å². The van der Waals surface area contributed by atoms with Crippen molar-refractivity contribution in [1.29, 1.82) is 0 Å². The topological polar surface area (TPSA) is 67.4 Å². The normalized spacial score (nSPS) is 12.5. The van der Waals surface area contributed by atoms with Gasteiger partial charge in [0.15, 0.2) is 0 Å². The first-order chi connectivity index (χ1) is 11.2. The van der Waals surface area contributed by atoms with Gasteiger partial charge in [-0.1, -0.05) is 11.6 Å². The van der Waals surface area contributed by atoms with Gasteiger partial charge in [-0.05, 0) is 31.2 Å². The highest BCUT2D eigenvalue weighted by Crippen LogP contribution is 2.14. The molecule has 0 fully saturated rings. The molecule has 2 amide bonds. The summed E-state index contributed by atoms with van der Waals surface area (Å²) < 4.78 is 40.2. The molecule has 1 rings (SSSR count). The van der Waals surface area contributed by atoms with E-state index in [4.69, 9.17) is 11.6 Å². The van der Waals surface area contributed by atoms with Crippen LogP contribution in [0, 0.1) is 0 Å². The van der Waals surface area contributed by atoms with Crippen molar-refractivity contribution in [3.05, 3.63) is 34.9 Å². The van der Waals surface area contributed by atoms with Gasteiger partial charge in [-0.3, -0.25) is 9.59 Å². The predicted octanol–water partition coefficient (Wildman–Crippen LogP) is 2.54. The fourth-order valence-electron chi connectivity index (χ4n) is 1.73. The molecule has 24 heavy (non-hydrogen) atoms. The van der Waals surface area contributed by atoms with Crippen molar-refractivity contribution in [2.45, 2.75) is 25.6 Å². The zero-order valence-corrected chi connectivity index (χ0v) is 13.7. The SMILES string of the molecule is CC(COCC(F)(F)F)NC(=O)CCNC(=O)c1ccc(Cl)cc1. The van der Waals surface area contributed by atoms with Crippen molar-refractivity contribution in [2.75, 3.05) is 19.8 Å². The summed E-state index contributed by atoms with van der Waals surface area (Å²) in [4.78, 5) is 23.4. The highest BCUT2D eigenvalue weighted by molar-refractivity contribution is 6.30. The molecule has 1 aromatic carbocycles. The Morgan fingerprint density at radius 3 is 2.46 bits per heavy atom. The Hall–Kier alpha value is -1.80. The lowest BCUT2D eigenvalue weighted by Crippen LogP contribution is -2.38. The molecule has 0 aliphatic heterocycles. The number of benzene rings is 1. The summed E-state index contributed by atoms with van der Waals surface area (Å²) in [5.41, 5.74) is 0.411. The summed E-state index contributed by atoms with van der Waals surface area (Å²) in [5.74, 6) is -0.740. The number of carbonyl (C=O) groups excluding carboxylic acids is 2. The van der Waals surface area contributed by atoms with E-state index in [1.807, 2.05) is 0 Å². The first-order valence-corrected chi connectivity index (χ1v) is 7.53. The Balaban J connectivity index is 2.21. The second kappa shape index (κ2) is 9.48. The molecule has 0 bridgehead atoms. The largest absolute Gasteiger partial charge is 0.411 e. The van der Waals surface area contributed by atoms with E-state index in [9.17, 15) is 22.8 Å². The molecule has 0 aliphatic rings. The lowest BCUT2D eigenvalue weighted by atomic mass is 10.2. The molecule has 0 saturated carbocycles. The molecule has 0 radical (unpaired) electrons. The van der Waals surface area contributed by atoms with E-state index >= 15 is 0 Å². The minimum atomic E-state index is -4.39. The van der Waals surface area contributed by atoms with Gasteiger partial charge in [0, 0.05) is 29.6 Å². The van der Waals surface area contributed by atoms with E-state index in [1.54, 1.807) is 24.3 Å². The molecule has 0 spiro atoms. The number of hydrogen-bond donors (Lipinski definition) is 2. The number of rotatable bonds is 8. The maximum atomic E-state index is 11.9. The molecular formula is C15H18ClF3N2O3. The number of amides is 2. The molecule has 0 aliphatic carbocycles. The second-order valence-corrected chi connectivity index (χ2v) is 5.55. The Morgan fingerprint density at radius 2 is 1.88 bits per heavy atom. The average Bonchev–Trinajstić information content (AvgIpc) is 2.46. The van der Waals surface area contributed by atoms with Crippen LogP contribution in [-0.4, -0.2) is 43.8 Å². The highest BCUT2D eigenvalue weighted by atomic mass is 35.5. The van der Waals surface area contributed by atoms with Crippen molar-refractivity contribution >= 4 is 23.4 Å². The van der Waals surface area contributed by atoms with Gasteiger partial charge in [0.1, 0.15) is 6.61 Å². The Morgan fingerprint density at radius 1 is 1.25 bits per heavy atom. The van der Waals surface area contributed by atoms with Gasteiger partial charge in [0.25, 0.3) is 5.91 Å². The molecule has 134 valence electrons. The van der Waals surface area contributed by atoms with E-state index in [0.29, 0.717) is 10.6 Å². The van der Waals surface area contributed by atoms with Crippen LogP contribution in [-0.2, 0) is 9.53 Å². The zero-order chi connectivity index (χ0) is 18.2. The van der Waals surface area contributed by atoms with Gasteiger partial charge in [-0.15, -0.1) is 0 Å². The van der Waals surface area contributed by atoms with Crippen molar-refractivity contribution in [3.8, 4) is 0 Å². The molecule has 2 N–H and O–H groups in total. The molecule has 0 heterocycles. The first kappa shape index (κ1) is 20.2. The molecule has 0 saturated heterocycles. The minimum absolute atomic E-state index is 0.00292. The van der Waals surface area contributed by atoms with Gasteiger partial charge >= 0.3 is 6.18 Å². The fourth-order valence-corrected chi connectivity index (χ4v) is 1.86. The minimum Gasteiger partial charge on any atom is -0.370 e. The molecule has 0 aromatic heterocycles. The number of carbonyl (C=O) groups is 2. The molecule has 5 nitrogen and oxygen atoms in total. The lowest BCUT2D eigenvalue weighted by Gasteiger charge is -2.15. The molecule has 1 aromatic rings. The van der Waals surface area contributed by atoms with Gasteiger partial charge in [-0.25, -0.2) is 0 Å². The molecule has 1 unspecified atom stereocenters. The summed E-state index contributed by atoms with van der Waals surface area (Å²) in [6.45, 7) is 0.0245. The van der Waals surface area contributed by atoms with Crippen LogP contribution in [0.2, 0.25) is 5.02 Å². The van der Waals surface area contributed by atoms with Crippen LogP contribution in [0.25, 0.3) is 0 Å². The smallest absolute Gasteiger partial charge is 0.370 e. The quantitative estimate of drug-likeness (QED) is 0.743. The first-order valence-electron chi connectivity index (χ1n) is 7.15. The second-order valence-electron chi connectivity index (χ2n) is 5.11. The standard InChI is InChI=1S/C15H18ClF3N2O3/c1-10(8-24-9-15(17,18)19)21-13(22)6-7-20-14(23)11-2-4-12(16)5-3-11/h2-5,10H,6-9H2,1H3,(H,20,23)(H,21,22). The van der Waals surface area contributed by atoms with E-state index in [-0.39, 0.29) is 25.5 Å². The van der Waals surface area contributed by atoms with Crippen LogP contribution in [0.4, 0.5) is 13.2 Å². The molecule has 1 atom stereocenters. The Bertz CT molecular complexity index is 550. The third-order valence-electron chi connectivity index (χ3n) is 2.78. The van der Waals surface area contributed by atoms with E-state index in [1.165, 1.54) is 6.92 Å². The van der Waals surface area contributed by atoms with Crippen LogP contribution in [0.15, 0.2) is 24.3 Å². The fraction of sp³-hybridized carbons (Fsp3) is 0.467. The highest BCUT2D eigenvalue weighted by Gasteiger charge is 2.27. The number of ether oxygens (including phenoxy) is 1. The maximum Gasteiger partial charge on any atom is 0.411 e. The number of halogens is 4. The summed E-state index contributed by atoms with van der Waals surface area (Å²) in [7, 11) is 0. The van der Waals surface area contributed by atoms with Crippen LogP contribution >= 0.6 is 11.6 Å². The predicted molar refractivity (Wildman–Crippen MR) is 82.9 cm³/mol. The number of hydrogen-bond acceptors (Lipinski definition) is 3. The summed E-state index contributed by atoms with van der Waals surface area (Å²) in [5, 5.41) is 5.56. The third-order valence-corrected chi connectivity index (χ3v) is 3.04. The van der Waals surface area contributed by atoms with Crippen molar-refractivity contribution in [2.24, 2.45) is 0 Å². The van der Waals surface area contributed by atoms with Gasteiger partial charge in [0.05, 0.1) is 6.61 Å². The van der Waals surface area contributed by atoms with E-state index in [0.717, 1.165) is 0 Å². The lowest BCUT2D eigenvalue weighted by molar-refractivity contribution is -0.175. The van der Waals surface area contributed by atoms with E-state index < -0.39 is 24.7 Å². The summed E-state index contributed by atoms with van der Waals surface area (Å²) in [6, 6.07) is 5.69. The Kier molecular flexibility index (Phi) is 8.00. The summed E-state index contributed by atoms with van der Waals surface area (Å²) in [6.07, 6.45) is -4.39. The molecule has 9 heteroatoms.